The van der Waals surface area contributed by atoms with E-state index in [2.05, 4.69) is 14.7 Å². The Balaban J connectivity index is 2.49. The molecule has 0 saturated carbocycles. The van der Waals surface area contributed by atoms with Crippen LogP contribution in [0.5, 0.6) is 0 Å². The minimum absolute atomic E-state index is 0.309. The molecular weight excluding hydrogens is 226 g/mol. The molecule has 2 heterocycles. The summed E-state index contributed by atoms with van der Waals surface area (Å²) in [5.74, 6) is -0.429. The molecule has 16 heavy (non-hydrogen) atoms. The maximum Gasteiger partial charge on any atom is 0.356 e. The number of methoxy groups -OCH3 is 1. The number of carbonyl (C=O) groups excluding carboxylic acids is 1. The number of pyridine rings is 1. The second kappa shape index (κ2) is 4.05. The largest absolute Gasteiger partial charge is 0.464 e. The Morgan fingerprint density at radius 1 is 1.50 bits per heavy atom. The predicted molar refractivity (Wildman–Crippen MR) is 63.1 cm³/mol. The van der Waals surface area contributed by atoms with Crippen molar-refractivity contribution in [1.82, 2.24) is 9.97 Å². The third-order valence-corrected chi connectivity index (χ3v) is 3.23. The molecule has 0 N–H and O–H groups in total. The number of esters is 1. The van der Waals surface area contributed by atoms with E-state index in [1.807, 2.05) is 19.0 Å². The summed E-state index contributed by atoms with van der Waals surface area (Å²) < 4.78 is 5.54. The number of fused-ring (bicyclic) bond motifs is 1. The molecule has 0 saturated heterocycles. The first-order valence-corrected chi connectivity index (χ1v) is 5.45. The van der Waals surface area contributed by atoms with Gasteiger partial charge in [-0.2, -0.15) is 0 Å². The molecule has 2 aromatic heterocycles. The molecule has 0 aliphatic heterocycles. The average molecular weight is 237 g/mol. The standard InChI is InChI=1S/C10H11N3O2S/c1-13(2)10-12-7-5-11-6(9(14)15-3)4-8(7)16-10/h4-5H,1-3H3. The van der Waals surface area contributed by atoms with Crippen molar-refractivity contribution < 1.29 is 9.53 Å². The Labute approximate surface area is 96.7 Å². The van der Waals surface area contributed by atoms with Crippen molar-refractivity contribution in [3.8, 4) is 0 Å². The molecule has 0 spiro atoms. The number of ether oxygens (including phenoxy) is 1. The lowest BCUT2D eigenvalue weighted by Crippen LogP contribution is -2.07. The molecule has 84 valence electrons. The maximum absolute atomic E-state index is 11.3. The van der Waals surface area contributed by atoms with E-state index in [-0.39, 0.29) is 0 Å². The van der Waals surface area contributed by atoms with E-state index in [0.717, 1.165) is 15.3 Å². The third kappa shape index (κ3) is 1.83. The van der Waals surface area contributed by atoms with Gasteiger partial charge in [-0.25, -0.2) is 14.8 Å². The summed E-state index contributed by atoms with van der Waals surface area (Å²) in [6.07, 6.45) is 1.59. The fraction of sp³-hybridized carbons (Fsp3) is 0.300. The molecule has 5 nitrogen and oxygen atoms in total. The van der Waals surface area contributed by atoms with E-state index in [9.17, 15) is 4.79 Å². The Morgan fingerprint density at radius 3 is 2.88 bits per heavy atom. The number of nitrogens with zero attached hydrogens (tertiary/aromatic N) is 3. The summed E-state index contributed by atoms with van der Waals surface area (Å²) in [6, 6.07) is 1.70. The molecule has 0 fully saturated rings. The molecule has 2 aromatic rings. The smallest absolute Gasteiger partial charge is 0.356 e. The molecule has 0 unspecified atom stereocenters. The monoisotopic (exact) mass is 237 g/mol. The summed E-state index contributed by atoms with van der Waals surface area (Å²) >= 11 is 1.51. The number of aromatic nitrogens is 2. The number of carbonyl (C=O) groups is 1. The second-order valence-corrected chi connectivity index (χ2v) is 4.43. The van der Waals surface area contributed by atoms with E-state index < -0.39 is 5.97 Å². The van der Waals surface area contributed by atoms with Crippen molar-refractivity contribution >= 4 is 32.7 Å². The summed E-state index contributed by atoms with van der Waals surface area (Å²) in [7, 11) is 5.19. The van der Waals surface area contributed by atoms with E-state index in [1.165, 1.54) is 18.4 Å². The number of thiazole rings is 1. The van der Waals surface area contributed by atoms with Crippen LogP contribution in [0.4, 0.5) is 5.13 Å². The molecule has 0 aliphatic rings. The van der Waals surface area contributed by atoms with Gasteiger partial charge in [-0.1, -0.05) is 11.3 Å². The van der Waals surface area contributed by atoms with Gasteiger partial charge >= 0.3 is 5.97 Å². The zero-order valence-electron chi connectivity index (χ0n) is 9.22. The van der Waals surface area contributed by atoms with Crippen LogP contribution in [0.2, 0.25) is 0 Å². The van der Waals surface area contributed by atoms with Crippen LogP contribution in [-0.4, -0.2) is 37.1 Å². The molecule has 0 amide bonds. The topological polar surface area (TPSA) is 55.3 Å². The highest BCUT2D eigenvalue weighted by Gasteiger charge is 2.11. The zero-order valence-corrected chi connectivity index (χ0v) is 10.0. The maximum atomic E-state index is 11.3. The summed E-state index contributed by atoms with van der Waals surface area (Å²) in [5.41, 5.74) is 1.10. The lowest BCUT2D eigenvalue weighted by molar-refractivity contribution is 0.0594. The molecular formula is C10H11N3O2S. The Hall–Kier alpha value is -1.69. The average Bonchev–Trinajstić information content (AvgIpc) is 2.70. The van der Waals surface area contributed by atoms with Crippen LogP contribution in [0, 0.1) is 0 Å². The van der Waals surface area contributed by atoms with Crippen molar-refractivity contribution in [3.05, 3.63) is 18.0 Å². The van der Waals surface area contributed by atoms with Gasteiger partial charge in [0, 0.05) is 14.1 Å². The van der Waals surface area contributed by atoms with Crippen LogP contribution in [-0.2, 0) is 4.74 Å². The second-order valence-electron chi connectivity index (χ2n) is 3.42. The molecule has 6 heteroatoms. The summed E-state index contributed by atoms with van der Waals surface area (Å²) in [6.45, 7) is 0. The number of hydrogen-bond acceptors (Lipinski definition) is 6. The molecule has 0 atom stereocenters. The van der Waals surface area contributed by atoms with Gasteiger partial charge in [0.05, 0.1) is 18.0 Å². The first-order chi connectivity index (χ1) is 7.61. The van der Waals surface area contributed by atoms with Gasteiger partial charge in [-0.05, 0) is 6.07 Å². The summed E-state index contributed by atoms with van der Waals surface area (Å²) in [5, 5.41) is 0.888. The summed E-state index contributed by atoms with van der Waals surface area (Å²) in [4.78, 5) is 21.6. The van der Waals surface area contributed by atoms with Crippen LogP contribution in [0.3, 0.4) is 0 Å². The van der Waals surface area contributed by atoms with Crippen molar-refractivity contribution in [2.24, 2.45) is 0 Å². The number of rotatable bonds is 2. The molecule has 0 aliphatic carbocycles. The van der Waals surface area contributed by atoms with Gasteiger partial charge in [-0.3, -0.25) is 0 Å². The highest BCUT2D eigenvalue weighted by Crippen LogP contribution is 2.27. The fourth-order valence-corrected chi connectivity index (χ4v) is 2.12. The van der Waals surface area contributed by atoms with Crippen molar-refractivity contribution in [2.75, 3.05) is 26.1 Å². The van der Waals surface area contributed by atoms with Gasteiger partial charge in [0.1, 0.15) is 11.2 Å². The molecule has 0 aromatic carbocycles. The lowest BCUT2D eigenvalue weighted by atomic mass is 10.3. The first-order valence-electron chi connectivity index (χ1n) is 4.64. The predicted octanol–water partition coefficient (Wildman–Crippen LogP) is 1.54. The Kier molecular flexibility index (Phi) is 2.74. The van der Waals surface area contributed by atoms with E-state index in [1.54, 1.807) is 12.3 Å². The highest BCUT2D eigenvalue weighted by atomic mass is 32.1. The van der Waals surface area contributed by atoms with Crippen molar-refractivity contribution in [3.63, 3.8) is 0 Å². The quantitative estimate of drug-likeness (QED) is 0.742. The van der Waals surface area contributed by atoms with Gasteiger partial charge in [0.25, 0.3) is 0 Å². The van der Waals surface area contributed by atoms with E-state index in [4.69, 9.17) is 0 Å². The minimum atomic E-state index is -0.429. The van der Waals surface area contributed by atoms with Crippen LogP contribution >= 0.6 is 11.3 Å². The minimum Gasteiger partial charge on any atom is -0.464 e. The Bertz CT molecular complexity index is 536. The van der Waals surface area contributed by atoms with Crippen LogP contribution < -0.4 is 4.90 Å². The number of anilines is 1. The lowest BCUT2D eigenvalue weighted by Gasteiger charge is -2.04. The fourth-order valence-electron chi connectivity index (χ4n) is 1.23. The van der Waals surface area contributed by atoms with Gasteiger partial charge in [-0.15, -0.1) is 0 Å². The van der Waals surface area contributed by atoms with Crippen molar-refractivity contribution in [2.45, 2.75) is 0 Å². The molecule has 0 bridgehead atoms. The molecule has 2 rings (SSSR count). The Morgan fingerprint density at radius 2 is 2.25 bits per heavy atom. The normalized spacial score (nSPS) is 10.4. The SMILES string of the molecule is COC(=O)c1cc2sc(N(C)C)nc2cn1. The molecule has 0 radical (unpaired) electrons. The van der Waals surface area contributed by atoms with Crippen LogP contribution in [0.25, 0.3) is 10.2 Å². The highest BCUT2D eigenvalue weighted by molar-refractivity contribution is 7.22. The van der Waals surface area contributed by atoms with E-state index >= 15 is 0 Å². The zero-order chi connectivity index (χ0) is 11.7. The number of hydrogen-bond donors (Lipinski definition) is 0. The van der Waals surface area contributed by atoms with Gasteiger partial charge in [0.15, 0.2) is 5.13 Å². The van der Waals surface area contributed by atoms with Crippen molar-refractivity contribution in [1.29, 1.82) is 0 Å². The van der Waals surface area contributed by atoms with Crippen LogP contribution in [0.1, 0.15) is 10.5 Å². The third-order valence-electron chi connectivity index (χ3n) is 2.04. The van der Waals surface area contributed by atoms with Gasteiger partial charge < -0.3 is 9.64 Å². The van der Waals surface area contributed by atoms with Crippen LogP contribution in [0.15, 0.2) is 12.3 Å². The van der Waals surface area contributed by atoms with E-state index in [0.29, 0.717) is 5.69 Å². The first kappa shape index (κ1) is 10.8. The van der Waals surface area contributed by atoms with Gasteiger partial charge in [0.2, 0.25) is 0 Å².